The van der Waals surface area contributed by atoms with Gasteiger partial charge < -0.3 is 69.7 Å². The molecule has 1 aromatic carbocycles. The Morgan fingerprint density at radius 1 is 0.688 bits per heavy atom. The SMILES string of the molecule is CC(C)C[C@H](NC(=O)[C@H](CCCCN)NC(=O)[C@H](Cc1ccc(O)cc1)NC(=O)[C@@H](N)CCCCN)C(=O)N[C@@H](CCC(N)=O)C(=O)N1CCC[C@H]1C(=O)N[C@@H](CCC(=O)O)C(=O)O. The number of nitrogens with one attached hydrogen (secondary N) is 5. The zero-order chi connectivity index (χ0) is 47.9. The molecule has 1 aliphatic heterocycles. The summed E-state index contributed by atoms with van der Waals surface area (Å²) in [4.78, 5) is 119. The lowest BCUT2D eigenvalue weighted by Gasteiger charge is -2.31. The molecule has 0 radical (unpaired) electrons. The molecule has 358 valence electrons. The average Bonchev–Trinajstić information content (AvgIpc) is 3.73. The Bertz CT molecular complexity index is 1750. The van der Waals surface area contributed by atoms with E-state index in [0.717, 1.165) is 4.90 Å². The third-order valence-electron chi connectivity index (χ3n) is 10.6. The molecular weight excluding hydrogens is 837 g/mol. The van der Waals surface area contributed by atoms with Crippen molar-refractivity contribution in [3.63, 3.8) is 0 Å². The Labute approximate surface area is 372 Å². The van der Waals surface area contributed by atoms with Crippen LogP contribution in [0.5, 0.6) is 5.75 Å². The zero-order valence-corrected chi connectivity index (χ0v) is 36.7. The predicted molar refractivity (Wildman–Crippen MR) is 232 cm³/mol. The molecule has 7 amide bonds. The molecular formula is C42H68N10O12. The van der Waals surface area contributed by atoms with E-state index < -0.39 is 108 Å². The van der Waals surface area contributed by atoms with Crippen molar-refractivity contribution >= 4 is 53.3 Å². The Morgan fingerprint density at radius 2 is 1.23 bits per heavy atom. The fraction of sp³-hybridized carbons (Fsp3) is 0.643. The van der Waals surface area contributed by atoms with Crippen LogP contribution in [0.15, 0.2) is 24.3 Å². The molecule has 1 heterocycles. The molecule has 16 N–H and O–H groups in total. The van der Waals surface area contributed by atoms with Gasteiger partial charge in [0.25, 0.3) is 0 Å². The van der Waals surface area contributed by atoms with Crippen LogP contribution in [0.25, 0.3) is 0 Å². The maximum atomic E-state index is 14.1. The van der Waals surface area contributed by atoms with Crippen LogP contribution in [-0.4, -0.2) is 135 Å². The minimum absolute atomic E-state index is 0.0130. The van der Waals surface area contributed by atoms with Crippen LogP contribution in [0.1, 0.15) is 103 Å². The number of unbranched alkanes of at least 4 members (excludes halogenated alkanes) is 2. The summed E-state index contributed by atoms with van der Waals surface area (Å²) in [6.45, 7) is 4.31. The number of phenolic OH excluding ortho intramolecular Hbond substituents is 1. The fourth-order valence-electron chi connectivity index (χ4n) is 7.12. The maximum absolute atomic E-state index is 14.1. The van der Waals surface area contributed by atoms with Gasteiger partial charge in [0.2, 0.25) is 41.4 Å². The summed E-state index contributed by atoms with van der Waals surface area (Å²) in [6, 6.07) is -2.85. The number of hydrogen-bond donors (Lipinski definition) is 12. The highest BCUT2D eigenvalue weighted by molar-refractivity contribution is 5.97. The third-order valence-corrected chi connectivity index (χ3v) is 10.6. The van der Waals surface area contributed by atoms with E-state index in [2.05, 4.69) is 26.6 Å². The lowest BCUT2D eigenvalue weighted by Crippen LogP contribution is -2.60. The van der Waals surface area contributed by atoms with E-state index in [4.69, 9.17) is 28.0 Å². The second kappa shape index (κ2) is 28.0. The number of primary amides is 1. The quantitative estimate of drug-likeness (QED) is 0.0379. The average molecular weight is 905 g/mol. The first-order valence-electron chi connectivity index (χ1n) is 21.8. The molecule has 0 aromatic heterocycles. The highest BCUT2D eigenvalue weighted by Crippen LogP contribution is 2.21. The predicted octanol–water partition coefficient (Wildman–Crippen LogP) is -1.80. The Kier molecular flexibility index (Phi) is 23.8. The summed E-state index contributed by atoms with van der Waals surface area (Å²) in [6.07, 6.45) is 1.39. The molecule has 0 spiro atoms. The molecule has 2 rings (SSSR count). The van der Waals surface area contributed by atoms with Gasteiger partial charge in [-0.15, -0.1) is 0 Å². The van der Waals surface area contributed by atoms with Crippen molar-refractivity contribution in [3.8, 4) is 5.75 Å². The van der Waals surface area contributed by atoms with Gasteiger partial charge >= 0.3 is 11.9 Å². The minimum Gasteiger partial charge on any atom is -0.508 e. The third kappa shape index (κ3) is 19.3. The number of amides is 7. The van der Waals surface area contributed by atoms with E-state index in [1.165, 1.54) is 12.1 Å². The highest BCUT2D eigenvalue weighted by atomic mass is 16.4. The van der Waals surface area contributed by atoms with Gasteiger partial charge in [-0.05, 0) is 101 Å². The number of carbonyl (C=O) groups is 9. The highest BCUT2D eigenvalue weighted by Gasteiger charge is 2.40. The van der Waals surface area contributed by atoms with Gasteiger partial charge in [0.1, 0.15) is 42.0 Å². The Balaban J connectivity index is 2.37. The Morgan fingerprint density at radius 3 is 1.81 bits per heavy atom. The summed E-state index contributed by atoms with van der Waals surface area (Å²) >= 11 is 0. The number of aliphatic carboxylic acids is 2. The molecule has 7 atom stereocenters. The van der Waals surface area contributed by atoms with Crippen molar-refractivity contribution in [2.45, 2.75) is 146 Å². The molecule has 1 aliphatic rings. The summed E-state index contributed by atoms with van der Waals surface area (Å²) < 4.78 is 0. The van der Waals surface area contributed by atoms with E-state index in [9.17, 15) is 53.4 Å². The van der Waals surface area contributed by atoms with Crippen molar-refractivity contribution in [2.75, 3.05) is 19.6 Å². The van der Waals surface area contributed by atoms with Crippen molar-refractivity contribution < 1.29 is 58.5 Å². The first kappa shape index (κ1) is 54.3. The number of hydrogen-bond acceptors (Lipinski definition) is 13. The van der Waals surface area contributed by atoms with Gasteiger partial charge in [0.05, 0.1) is 6.04 Å². The largest absolute Gasteiger partial charge is 0.508 e. The van der Waals surface area contributed by atoms with Crippen LogP contribution in [0.3, 0.4) is 0 Å². The lowest BCUT2D eigenvalue weighted by molar-refractivity contribution is -0.145. The molecule has 1 saturated heterocycles. The molecule has 22 nitrogen and oxygen atoms in total. The molecule has 64 heavy (non-hydrogen) atoms. The van der Waals surface area contributed by atoms with E-state index >= 15 is 0 Å². The number of benzene rings is 1. The smallest absolute Gasteiger partial charge is 0.326 e. The first-order valence-corrected chi connectivity index (χ1v) is 21.8. The fourth-order valence-corrected chi connectivity index (χ4v) is 7.12. The van der Waals surface area contributed by atoms with E-state index in [1.807, 2.05) is 0 Å². The molecule has 0 unspecified atom stereocenters. The van der Waals surface area contributed by atoms with Crippen LogP contribution in [-0.2, 0) is 49.6 Å². The van der Waals surface area contributed by atoms with Crippen molar-refractivity contribution in [1.82, 2.24) is 31.5 Å². The number of aromatic hydroxyl groups is 1. The summed E-state index contributed by atoms with van der Waals surface area (Å²) in [5.74, 6) is -8.26. The topological polar surface area (TPSA) is 382 Å². The van der Waals surface area contributed by atoms with Gasteiger partial charge in [-0.3, -0.25) is 38.4 Å². The van der Waals surface area contributed by atoms with Gasteiger partial charge in [0.15, 0.2) is 0 Å². The van der Waals surface area contributed by atoms with E-state index in [-0.39, 0.29) is 63.3 Å². The van der Waals surface area contributed by atoms with Gasteiger partial charge in [-0.1, -0.05) is 32.4 Å². The Hall–Kier alpha value is -5.87. The molecule has 1 aromatic rings. The van der Waals surface area contributed by atoms with Gasteiger partial charge in [-0.2, -0.15) is 0 Å². The monoisotopic (exact) mass is 905 g/mol. The second-order valence-electron chi connectivity index (χ2n) is 16.4. The van der Waals surface area contributed by atoms with Crippen molar-refractivity contribution in [1.29, 1.82) is 0 Å². The van der Waals surface area contributed by atoms with Crippen molar-refractivity contribution in [2.24, 2.45) is 28.9 Å². The lowest BCUT2D eigenvalue weighted by atomic mass is 10.00. The second-order valence-corrected chi connectivity index (χ2v) is 16.4. The number of phenols is 1. The number of nitrogens with zero attached hydrogens (tertiary/aromatic N) is 1. The first-order chi connectivity index (χ1) is 30.3. The number of nitrogens with two attached hydrogens (primary N) is 4. The summed E-state index contributed by atoms with van der Waals surface area (Å²) in [5.41, 5.74) is 23.4. The van der Waals surface area contributed by atoms with Crippen LogP contribution in [0, 0.1) is 5.92 Å². The van der Waals surface area contributed by atoms with E-state index in [0.29, 0.717) is 50.6 Å². The number of likely N-dealkylation sites (tertiary alicyclic amines) is 1. The molecule has 0 aliphatic carbocycles. The van der Waals surface area contributed by atoms with Crippen LogP contribution >= 0.6 is 0 Å². The summed E-state index contributed by atoms with van der Waals surface area (Å²) in [5, 5.41) is 41.4. The molecule has 1 fully saturated rings. The van der Waals surface area contributed by atoms with Gasteiger partial charge in [0, 0.05) is 25.8 Å². The number of carbonyl (C=O) groups excluding carboxylic acids is 7. The van der Waals surface area contributed by atoms with E-state index in [1.54, 1.807) is 26.0 Å². The molecule has 0 saturated carbocycles. The molecule has 22 heteroatoms. The zero-order valence-electron chi connectivity index (χ0n) is 36.7. The minimum atomic E-state index is -1.55. The number of carboxylic acid groups (broad SMARTS) is 2. The van der Waals surface area contributed by atoms with Crippen LogP contribution in [0.4, 0.5) is 0 Å². The number of carboxylic acids is 2. The normalized spacial score (nSPS) is 16.3. The standard InChI is InChI=1S/C42H68N10O12/c1-24(2)22-31(38(59)48-29(15-17-34(46)54)41(62)52-21-7-10-33(52)40(61)49-30(42(63)64)16-18-35(55)56)51-37(58)28(9-4-6-20-44)47-39(60)32(23-25-11-13-26(53)14-12-25)50-36(57)27(45)8-3-5-19-43/h11-14,24,27-33,53H,3-10,15-23,43-45H2,1-2H3,(H2,46,54)(H,47,60)(H,48,59)(H,49,61)(H,50,57)(H,51,58)(H,55,56)(H,63,64)/t27-,28-,29-,30-,31-,32-,33-/m0/s1. The molecule has 0 bridgehead atoms. The maximum Gasteiger partial charge on any atom is 0.326 e. The number of rotatable bonds is 30. The summed E-state index contributed by atoms with van der Waals surface area (Å²) in [7, 11) is 0. The van der Waals surface area contributed by atoms with Crippen LogP contribution in [0.2, 0.25) is 0 Å². The van der Waals surface area contributed by atoms with Crippen LogP contribution < -0.4 is 49.5 Å². The van der Waals surface area contributed by atoms with Gasteiger partial charge in [-0.25, -0.2) is 4.79 Å². The van der Waals surface area contributed by atoms with Crippen molar-refractivity contribution in [3.05, 3.63) is 29.8 Å².